The van der Waals surface area contributed by atoms with Gasteiger partial charge in [-0.1, -0.05) is 120 Å². The van der Waals surface area contributed by atoms with E-state index in [0.717, 1.165) is 56.0 Å². The average molecular weight is 881 g/mol. The van der Waals surface area contributed by atoms with Crippen LogP contribution in [0.25, 0.3) is 78.3 Å². The van der Waals surface area contributed by atoms with Gasteiger partial charge in [-0.05, 0) is 62.6 Å². The van der Waals surface area contributed by atoms with Gasteiger partial charge in [-0.15, -0.1) is 102 Å². The van der Waals surface area contributed by atoms with Gasteiger partial charge in [0.15, 0.2) is 0 Å². The second kappa shape index (κ2) is 18.0. The predicted octanol–water partition coefficient (Wildman–Crippen LogP) is 12.6. The van der Waals surface area contributed by atoms with E-state index >= 15 is 0 Å². The van der Waals surface area contributed by atoms with Crippen LogP contribution in [0.4, 0.5) is 0 Å². The quantitative estimate of drug-likeness (QED) is 0.150. The zero-order chi connectivity index (χ0) is 36.4. The zero-order valence-corrected chi connectivity index (χ0v) is 32.2. The Balaban J connectivity index is 0.000000305. The molecule has 0 atom stereocenters. The second-order valence-corrected chi connectivity index (χ2v) is 12.5. The molecule has 0 aliphatic heterocycles. The fraction of sp³-hybridized carbons (Fsp3) is 0. The summed E-state index contributed by atoms with van der Waals surface area (Å²) in [5, 5.41) is 0. The summed E-state index contributed by atoms with van der Waals surface area (Å²) in [5.74, 6) is 0. The minimum Gasteiger partial charge on any atom is -0.305 e. The van der Waals surface area contributed by atoms with Crippen molar-refractivity contribution in [2.24, 2.45) is 0 Å². The standard InChI is InChI=1S/C40H26N2.C11H8N.Ir/c1-2-12-30(13-3-1)40-26-25-32(28-42-40)34-15-5-7-17-36(34)38-19-9-8-18-37(38)35-16-6-4-14-33(35)29-21-23-31(24-22-29)39-20-10-11-27-41-39;1-2-6-10(7-3-1)11-8-4-5-9-12-11;/h1-12,14-23,25-28H;1-6,8-9H;/q-2;-1;+3. The largest absolute Gasteiger partial charge is 3.00 e. The molecule has 4 heteroatoms. The molecule has 0 saturated heterocycles. The van der Waals surface area contributed by atoms with Crippen molar-refractivity contribution < 1.29 is 20.1 Å². The summed E-state index contributed by atoms with van der Waals surface area (Å²) in [6, 6.07) is 73.8. The molecule has 0 aliphatic carbocycles. The molecule has 0 unspecified atom stereocenters. The molecule has 6 aromatic carbocycles. The molecule has 3 nitrogen and oxygen atoms in total. The molecule has 0 N–H and O–H groups in total. The Bertz CT molecular complexity index is 2380. The monoisotopic (exact) mass is 881 g/mol. The van der Waals surface area contributed by atoms with Crippen molar-refractivity contribution in [3.63, 3.8) is 0 Å². The molecule has 55 heavy (non-hydrogen) atoms. The van der Waals surface area contributed by atoms with Crippen molar-refractivity contribution in [3.05, 3.63) is 225 Å². The van der Waals surface area contributed by atoms with E-state index in [0.29, 0.717) is 0 Å². The van der Waals surface area contributed by atoms with Crippen LogP contribution < -0.4 is 0 Å². The summed E-state index contributed by atoms with van der Waals surface area (Å²) >= 11 is 0. The molecule has 0 amide bonds. The maximum absolute atomic E-state index is 4.78. The molecular formula is C51H34IrN3. The third-order valence-electron chi connectivity index (χ3n) is 9.14. The van der Waals surface area contributed by atoms with E-state index < -0.39 is 0 Å². The van der Waals surface area contributed by atoms with Gasteiger partial charge < -0.3 is 15.0 Å². The number of rotatable bonds is 7. The minimum absolute atomic E-state index is 0. The third kappa shape index (κ3) is 8.64. The Morgan fingerprint density at radius 2 is 0.727 bits per heavy atom. The van der Waals surface area contributed by atoms with Gasteiger partial charge in [-0.3, -0.25) is 0 Å². The number of aromatic nitrogens is 3. The van der Waals surface area contributed by atoms with E-state index in [-0.39, 0.29) is 20.1 Å². The second-order valence-electron chi connectivity index (χ2n) is 12.5. The normalized spacial score (nSPS) is 10.4. The van der Waals surface area contributed by atoms with Crippen molar-refractivity contribution in [2.45, 2.75) is 0 Å². The van der Waals surface area contributed by atoms with Crippen LogP contribution in [-0.2, 0) is 20.1 Å². The Hall–Kier alpha value is -6.58. The smallest absolute Gasteiger partial charge is 0.305 e. The van der Waals surface area contributed by atoms with Crippen LogP contribution in [0.2, 0.25) is 0 Å². The van der Waals surface area contributed by atoms with Gasteiger partial charge in [-0.25, -0.2) is 0 Å². The minimum atomic E-state index is 0. The van der Waals surface area contributed by atoms with Gasteiger partial charge in [0, 0.05) is 18.6 Å². The van der Waals surface area contributed by atoms with Crippen LogP contribution in [0, 0.1) is 18.2 Å². The number of hydrogen-bond acceptors (Lipinski definition) is 3. The number of nitrogens with zero attached hydrogens (tertiary/aromatic N) is 3. The van der Waals surface area contributed by atoms with Crippen molar-refractivity contribution in [1.29, 1.82) is 0 Å². The van der Waals surface area contributed by atoms with E-state index in [4.69, 9.17) is 4.98 Å². The van der Waals surface area contributed by atoms with Gasteiger partial charge in [0.25, 0.3) is 0 Å². The summed E-state index contributed by atoms with van der Waals surface area (Å²) < 4.78 is 0. The predicted molar refractivity (Wildman–Crippen MR) is 221 cm³/mol. The maximum atomic E-state index is 4.78. The molecule has 0 bridgehead atoms. The molecule has 0 saturated carbocycles. The molecular weight excluding hydrogens is 847 g/mol. The van der Waals surface area contributed by atoms with E-state index in [1.165, 1.54) is 22.3 Å². The maximum Gasteiger partial charge on any atom is 3.00 e. The molecule has 3 aromatic heterocycles. The van der Waals surface area contributed by atoms with E-state index in [9.17, 15) is 0 Å². The topological polar surface area (TPSA) is 38.7 Å². The molecule has 262 valence electrons. The summed E-state index contributed by atoms with van der Waals surface area (Å²) in [7, 11) is 0. The first-order valence-electron chi connectivity index (χ1n) is 17.8. The van der Waals surface area contributed by atoms with Crippen LogP contribution in [-0.4, -0.2) is 15.0 Å². The first-order valence-corrected chi connectivity index (χ1v) is 17.8. The van der Waals surface area contributed by atoms with Gasteiger partial charge in [0.1, 0.15) is 0 Å². The fourth-order valence-corrected chi connectivity index (χ4v) is 6.51. The summed E-state index contributed by atoms with van der Waals surface area (Å²) in [6.45, 7) is 0. The van der Waals surface area contributed by atoms with Gasteiger partial charge in [-0.2, -0.15) is 0 Å². The Labute approximate surface area is 336 Å². The van der Waals surface area contributed by atoms with Crippen LogP contribution in [0.5, 0.6) is 0 Å². The molecule has 0 radical (unpaired) electrons. The molecule has 0 spiro atoms. The number of pyridine rings is 3. The van der Waals surface area contributed by atoms with Gasteiger partial charge >= 0.3 is 20.1 Å². The zero-order valence-electron chi connectivity index (χ0n) is 29.8. The first-order chi connectivity index (χ1) is 26.8. The van der Waals surface area contributed by atoms with Gasteiger partial charge in [0.2, 0.25) is 0 Å². The first kappa shape index (κ1) is 36.8. The SMILES string of the molecule is [Ir+3].[c-]1cc(-c2ccccc2-c2ccccc2-c2ccccc2-c2ccc(-c3[c-]cccc3)nc2)ccc1-c1ccccn1.[c-]1ccccc1-c1ccccn1. The van der Waals surface area contributed by atoms with Crippen molar-refractivity contribution in [2.75, 3.05) is 0 Å². The van der Waals surface area contributed by atoms with Gasteiger partial charge in [0.05, 0.1) is 0 Å². The summed E-state index contributed by atoms with van der Waals surface area (Å²) in [5.41, 5.74) is 15.0. The van der Waals surface area contributed by atoms with Crippen molar-refractivity contribution in [3.8, 4) is 78.3 Å². The van der Waals surface area contributed by atoms with Crippen LogP contribution in [0.15, 0.2) is 207 Å². The molecule has 9 rings (SSSR count). The fourth-order valence-electron chi connectivity index (χ4n) is 6.51. The van der Waals surface area contributed by atoms with Crippen LogP contribution in [0.3, 0.4) is 0 Å². The Morgan fingerprint density at radius 3 is 1.15 bits per heavy atom. The summed E-state index contributed by atoms with van der Waals surface area (Å²) in [6.07, 6.45) is 5.56. The average Bonchev–Trinajstić information content (AvgIpc) is 3.28. The molecule has 9 aromatic rings. The van der Waals surface area contributed by atoms with E-state index in [1.54, 1.807) is 6.20 Å². The summed E-state index contributed by atoms with van der Waals surface area (Å²) in [4.78, 5) is 13.5. The van der Waals surface area contributed by atoms with Crippen LogP contribution >= 0.6 is 0 Å². The van der Waals surface area contributed by atoms with Crippen molar-refractivity contribution >= 4 is 0 Å². The van der Waals surface area contributed by atoms with E-state index in [2.05, 4.69) is 131 Å². The Kier molecular flexibility index (Phi) is 12.0. The van der Waals surface area contributed by atoms with Crippen molar-refractivity contribution in [1.82, 2.24) is 15.0 Å². The third-order valence-corrected chi connectivity index (χ3v) is 9.14. The number of benzene rings is 6. The number of hydrogen-bond donors (Lipinski definition) is 0. The van der Waals surface area contributed by atoms with E-state index in [1.807, 2.05) is 97.3 Å². The molecule has 0 aliphatic rings. The molecule has 3 heterocycles. The van der Waals surface area contributed by atoms with Crippen LogP contribution in [0.1, 0.15) is 0 Å². The molecule has 0 fully saturated rings. The Morgan fingerprint density at radius 1 is 0.309 bits per heavy atom.